The van der Waals surface area contributed by atoms with Gasteiger partial charge in [-0.05, 0) is 76.6 Å². The zero-order valence-electron chi connectivity index (χ0n) is 16.5. The van der Waals surface area contributed by atoms with Gasteiger partial charge in [0, 0.05) is 11.6 Å². The Balaban J connectivity index is 1.42. The lowest BCUT2D eigenvalue weighted by atomic mass is 10.1. The van der Waals surface area contributed by atoms with Crippen LogP contribution in [0.15, 0.2) is 89.4 Å². The predicted octanol–water partition coefficient (Wildman–Crippen LogP) is 5.93. The summed E-state index contributed by atoms with van der Waals surface area (Å²) in [5.41, 5.74) is 1.88. The third-order valence-electron chi connectivity index (χ3n) is 4.35. The van der Waals surface area contributed by atoms with Crippen LogP contribution in [0.4, 0.5) is 0 Å². The first-order valence-electron chi connectivity index (χ1n) is 9.35. The number of carbonyl (C=O) groups is 1. The average molecular weight is 477 g/mol. The van der Waals surface area contributed by atoms with Gasteiger partial charge in [-0.15, -0.1) is 10.2 Å². The highest BCUT2D eigenvalue weighted by molar-refractivity contribution is 9.10. The topological polar surface area (TPSA) is 70.5 Å². The third-order valence-corrected chi connectivity index (χ3v) is 4.97. The number of ether oxygens (including phenoxy) is 3. The molecule has 0 atom stereocenters. The minimum absolute atomic E-state index is 0.115. The van der Waals surface area contributed by atoms with Gasteiger partial charge < -0.3 is 14.2 Å². The quantitative estimate of drug-likeness (QED) is 0.321. The van der Waals surface area contributed by atoms with E-state index in [1.807, 2.05) is 54.6 Å². The van der Waals surface area contributed by atoms with Crippen LogP contribution < -0.4 is 14.2 Å². The fourth-order valence-corrected chi connectivity index (χ4v) is 3.33. The molecule has 7 heteroatoms. The van der Waals surface area contributed by atoms with Crippen molar-refractivity contribution in [2.45, 2.75) is 0 Å². The molecule has 0 spiro atoms. The summed E-state index contributed by atoms with van der Waals surface area (Å²) in [7, 11) is 1.55. The van der Waals surface area contributed by atoms with E-state index in [1.165, 1.54) is 0 Å². The third kappa shape index (κ3) is 5.07. The van der Waals surface area contributed by atoms with Crippen LogP contribution >= 0.6 is 15.9 Å². The van der Waals surface area contributed by atoms with Gasteiger partial charge in [0.25, 0.3) is 0 Å². The Morgan fingerprint density at radius 2 is 1.58 bits per heavy atom. The lowest BCUT2D eigenvalue weighted by Crippen LogP contribution is -2.10. The molecule has 0 fully saturated rings. The van der Waals surface area contributed by atoms with Crippen LogP contribution in [0.2, 0.25) is 0 Å². The molecular formula is C24H17BrN2O4. The van der Waals surface area contributed by atoms with E-state index in [-0.39, 0.29) is 5.88 Å². The molecule has 0 saturated carbocycles. The van der Waals surface area contributed by atoms with Crippen LogP contribution in [-0.2, 0) is 0 Å². The molecule has 3 aromatic carbocycles. The van der Waals surface area contributed by atoms with Crippen LogP contribution in [0.3, 0.4) is 0 Å². The highest BCUT2D eigenvalue weighted by atomic mass is 79.9. The van der Waals surface area contributed by atoms with Gasteiger partial charge in [0.05, 0.1) is 22.8 Å². The first-order valence-corrected chi connectivity index (χ1v) is 10.1. The monoisotopic (exact) mass is 476 g/mol. The molecule has 0 bridgehead atoms. The summed E-state index contributed by atoms with van der Waals surface area (Å²) >= 11 is 3.35. The molecule has 31 heavy (non-hydrogen) atoms. The molecule has 0 aliphatic carbocycles. The first-order chi connectivity index (χ1) is 15.1. The Hall–Kier alpha value is -3.71. The highest BCUT2D eigenvalue weighted by Crippen LogP contribution is 2.27. The summed E-state index contributed by atoms with van der Waals surface area (Å²) in [6.07, 6.45) is 0. The summed E-state index contributed by atoms with van der Waals surface area (Å²) in [5.74, 6) is 1.70. The van der Waals surface area contributed by atoms with Gasteiger partial charge in [0.1, 0.15) is 17.2 Å². The van der Waals surface area contributed by atoms with Crippen LogP contribution in [0.5, 0.6) is 23.1 Å². The number of nitrogens with zero attached hydrogens (tertiary/aromatic N) is 2. The number of hydrogen-bond donors (Lipinski definition) is 0. The molecule has 1 heterocycles. The van der Waals surface area contributed by atoms with Gasteiger partial charge in [-0.2, -0.15) is 0 Å². The van der Waals surface area contributed by atoms with E-state index >= 15 is 0 Å². The standard InChI is InChI=1S/C24H17BrN2O4/c1-29-22-13-9-17(15-20(22)25)24(28)31-23-14-12-21(26-27-23)16-7-10-19(11-8-16)30-18-5-3-2-4-6-18/h2-15H,1H3. The molecule has 0 unspecified atom stereocenters. The Morgan fingerprint density at radius 1 is 0.839 bits per heavy atom. The number of hydrogen-bond acceptors (Lipinski definition) is 6. The molecular weight excluding hydrogens is 460 g/mol. The smallest absolute Gasteiger partial charge is 0.344 e. The minimum Gasteiger partial charge on any atom is -0.496 e. The molecule has 0 amide bonds. The Bertz CT molecular complexity index is 1180. The van der Waals surface area contributed by atoms with Crippen molar-refractivity contribution < 1.29 is 19.0 Å². The Kier molecular flexibility index (Phi) is 6.24. The van der Waals surface area contributed by atoms with Crippen molar-refractivity contribution in [2.24, 2.45) is 0 Å². The molecule has 1 aromatic heterocycles. The minimum atomic E-state index is -0.534. The number of rotatable bonds is 6. The Labute approximate surface area is 187 Å². The second kappa shape index (κ2) is 9.40. The van der Waals surface area contributed by atoms with Gasteiger partial charge in [-0.3, -0.25) is 0 Å². The van der Waals surface area contributed by atoms with E-state index in [2.05, 4.69) is 26.1 Å². The maximum atomic E-state index is 12.3. The van der Waals surface area contributed by atoms with Crippen molar-refractivity contribution in [3.8, 4) is 34.4 Å². The van der Waals surface area contributed by atoms with Crippen LogP contribution in [0.1, 0.15) is 10.4 Å². The zero-order valence-corrected chi connectivity index (χ0v) is 18.1. The van der Waals surface area contributed by atoms with Crippen LogP contribution in [0.25, 0.3) is 11.3 Å². The maximum Gasteiger partial charge on any atom is 0.344 e. The largest absolute Gasteiger partial charge is 0.496 e. The second-order valence-electron chi connectivity index (χ2n) is 6.44. The average Bonchev–Trinajstić information content (AvgIpc) is 2.81. The van der Waals surface area contributed by atoms with E-state index in [9.17, 15) is 4.79 Å². The van der Waals surface area contributed by atoms with E-state index < -0.39 is 5.97 Å². The van der Waals surface area contributed by atoms with E-state index in [4.69, 9.17) is 14.2 Å². The van der Waals surface area contributed by atoms with Crippen molar-refractivity contribution in [3.05, 3.63) is 95.0 Å². The van der Waals surface area contributed by atoms with Gasteiger partial charge in [0.2, 0.25) is 5.88 Å². The second-order valence-corrected chi connectivity index (χ2v) is 7.29. The van der Waals surface area contributed by atoms with E-state index in [0.717, 1.165) is 17.1 Å². The number of aromatic nitrogens is 2. The van der Waals surface area contributed by atoms with E-state index in [1.54, 1.807) is 37.4 Å². The predicted molar refractivity (Wildman–Crippen MR) is 120 cm³/mol. The molecule has 0 aliphatic rings. The highest BCUT2D eigenvalue weighted by Gasteiger charge is 2.13. The number of esters is 1. The maximum absolute atomic E-state index is 12.3. The van der Waals surface area contributed by atoms with E-state index in [0.29, 0.717) is 21.5 Å². The fraction of sp³-hybridized carbons (Fsp3) is 0.0417. The number of benzene rings is 3. The Morgan fingerprint density at radius 3 is 2.23 bits per heavy atom. The number of methoxy groups -OCH3 is 1. The van der Waals surface area contributed by atoms with Gasteiger partial charge in [-0.1, -0.05) is 18.2 Å². The van der Waals surface area contributed by atoms with Crippen molar-refractivity contribution in [2.75, 3.05) is 7.11 Å². The lowest BCUT2D eigenvalue weighted by Gasteiger charge is -2.07. The molecule has 6 nitrogen and oxygen atoms in total. The lowest BCUT2D eigenvalue weighted by molar-refractivity contribution is 0.0725. The van der Waals surface area contributed by atoms with Crippen LogP contribution in [0, 0.1) is 0 Å². The van der Waals surface area contributed by atoms with Gasteiger partial charge >= 0.3 is 5.97 Å². The number of carbonyl (C=O) groups excluding carboxylic acids is 1. The zero-order chi connectivity index (χ0) is 21.6. The summed E-state index contributed by atoms with van der Waals surface area (Å²) in [5, 5.41) is 8.16. The fourth-order valence-electron chi connectivity index (χ4n) is 2.79. The molecule has 0 saturated heterocycles. The van der Waals surface area contributed by atoms with Crippen molar-refractivity contribution in [1.82, 2.24) is 10.2 Å². The molecule has 154 valence electrons. The van der Waals surface area contributed by atoms with Crippen molar-refractivity contribution in [1.29, 1.82) is 0 Å². The normalized spacial score (nSPS) is 10.4. The molecule has 0 N–H and O–H groups in total. The molecule has 4 aromatic rings. The number of para-hydroxylation sites is 1. The molecule has 4 rings (SSSR count). The summed E-state index contributed by atoms with van der Waals surface area (Å²) in [4.78, 5) is 12.3. The summed E-state index contributed by atoms with van der Waals surface area (Å²) in [6.45, 7) is 0. The van der Waals surface area contributed by atoms with Gasteiger partial charge in [-0.25, -0.2) is 4.79 Å². The number of halogens is 1. The van der Waals surface area contributed by atoms with Gasteiger partial charge in [0.15, 0.2) is 0 Å². The first kappa shape index (κ1) is 20.6. The van der Waals surface area contributed by atoms with Crippen molar-refractivity contribution in [3.63, 3.8) is 0 Å². The van der Waals surface area contributed by atoms with Crippen LogP contribution in [-0.4, -0.2) is 23.3 Å². The summed E-state index contributed by atoms with van der Waals surface area (Å²) < 4.78 is 16.9. The molecule has 0 radical (unpaired) electrons. The van der Waals surface area contributed by atoms with Crippen molar-refractivity contribution >= 4 is 21.9 Å². The SMILES string of the molecule is COc1ccc(C(=O)Oc2ccc(-c3ccc(Oc4ccccc4)cc3)nn2)cc1Br. The molecule has 0 aliphatic heterocycles. The summed E-state index contributed by atoms with van der Waals surface area (Å²) in [6, 6.07) is 25.3.